The monoisotopic (exact) mass is 1630 g/mol. The number of rotatable bonds is 27. The summed E-state index contributed by atoms with van der Waals surface area (Å²) in [5.41, 5.74) is 20.4. The van der Waals surface area contributed by atoms with E-state index in [1.54, 1.807) is 184 Å². The van der Waals surface area contributed by atoms with Crippen molar-refractivity contribution in [2.75, 3.05) is 63.2 Å². The number of aliphatic imine (C=N–C) groups is 2. The molecule has 0 spiro atoms. The highest BCUT2D eigenvalue weighted by Crippen LogP contribution is 2.41. The van der Waals surface area contributed by atoms with Crippen molar-refractivity contribution in [3.8, 4) is 11.5 Å². The molecule has 0 saturated heterocycles. The molecule has 12 aromatic rings. The fourth-order valence-corrected chi connectivity index (χ4v) is 15.9. The van der Waals surface area contributed by atoms with E-state index in [0.29, 0.717) is 134 Å². The number of Topliss-reactive ketones (excluding diaryl/α,β-unsaturated/α-hetero) is 2. The molecule has 16 rings (SSSR count). The van der Waals surface area contributed by atoms with Gasteiger partial charge in [0.1, 0.15) is 34.3 Å². The number of nitrogen functional groups attached to an aromatic ring is 1. The minimum Gasteiger partial charge on any atom is -0.493 e. The Balaban J connectivity index is 0.000000189. The number of ketones is 2. The molecule has 121 heavy (non-hydrogen) atoms. The van der Waals surface area contributed by atoms with Crippen LogP contribution in [0.3, 0.4) is 0 Å². The molecule has 0 saturated carbocycles. The van der Waals surface area contributed by atoms with Gasteiger partial charge in [-0.3, -0.25) is 72.3 Å². The average molecular weight is 1630 g/mol. The third-order valence-electron chi connectivity index (χ3n) is 21.9. The number of ether oxygens (including phenoxy) is 2. The summed E-state index contributed by atoms with van der Waals surface area (Å²) >= 11 is 0. The van der Waals surface area contributed by atoms with Crippen LogP contribution in [0.25, 0.3) is 10.9 Å². The van der Waals surface area contributed by atoms with Gasteiger partial charge in [0.2, 0.25) is 11.8 Å². The number of carbonyl (C=O) groups is 10. The van der Waals surface area contributed by atoms with Crippen molar-refractivity contribution < 1.29 is 62.5 Å². The van der Waals surface area contributed by atoms with Crippen LogP contribution in [0.5, 0.6) is 11.5 Å². The molecule has 618 valence electrons. The van der Waals surface area contributed by atoms with Crippen molar-refractivity contribution >= 4 is 133 Å². The molecule has 4 aliphatic heterocycles. The number of aliphatic hydroxyl groups excluding tert-OH is 1. The largest absolute Gasteiger partial charge is 0.493 e. The number of para-hydroxylation sites is 2. The van der Waals surface area contributed by atoms with Crippen molar-refractivity contribution in [2.45, 2.75) is 83.7 Å². The van der Waals surface area contributed by atoms with Crippen molar-refractivity contribution in [3.05, 3.63) is 256 Å². The molecule has 30 nitrogen and oxygen atoms in total. The molecule has 0 bridgehead atoms. The molecule has 2 atom stereocenters. The summed E-state index contributed by atoms with van der Waals surface area (Å²) in [5, 5.41) is 23.9. The summed E-state index contributed by atoms with van der Waals surface area (Å²) < 4.78 is 23.5. The van der Waals surface area contributed by atoms with Crippen LogP contribution in [0.15, 0.2) is 187 Å². The minimum atomic E-state index is -0.403. The van der Waals surface area contributed by atoms with E-state index in [1.807, 2.05) is 103 Å². The van der Waals surface area contributed by atoms with E-state index in [2.05, 4.69) is 36.6 Å². The fourth-order valence-electron chi connectivity index (χ4n) is 15.9. The van der Waals surface area contributed by atoms with Gasteiger partial charge in [-0.05, 0) is 151 Å². The highest BCUT2D eigenvalue weighted by molar-refractivity contribution is 6.16. The number of nitrogens with one attached hydrogen (secondary N) is 5. The lowest BCUT2D eigenvalue weighted by atomic mass is 10.1. The van der Waals surface area contributed by atoms with E-state index < -0.39 is 11.8 Å². The average Bonchev–Trinajstić information content (AvgIpc) is 1.62. The predicted octanol–water partition coefficient (Wildman–Crippen LogP) is 11.9. The Hall–Kier alpha value is -14.7. The predicted molar refractivity (Wildman–Crippen MR) is 461 cm³/mol. The Labute approximate surface area is 695 Å². The van der Waals surface area contributed by atoms with Crippen LogP contribution in [0.2, 0.25) is 0 Å². The second-order valence-corrected chi connectivity index (χ2v) is 30.8. The SMILES string of the molecule is Cc1cc2c(cc1OCCCC(=O)Nc1cc(C(=O)Cc3cc(C(=O)Nc4cc(C(=O)NCCCO)n(C)c4)n(C)c3)n(C)c1)N=C[C@@H]1Cc3ccccc3N1C2=O.Cc1cc2c(cc1OCCCC(=O)Nc1cc(C(=O)Cc3cc(C(=O)Nc4cc(C(=O)n5ccc6cc(N)ccc65)n(C)c4)n(C)c3)n(C)c1)N=C[C@@H]1Cc3ccccc3N1C2=O. The highest BCUT2D eigenvalue weighted by Gasteiger charge is 2.38. The molecular weight excluding hydrogens is 1540 g/mol. The molecule has 7 aromatic heterocycles. The summed E-state index contributed by atoms with van der Waals surface area (Å²) in [5.74, 6) is -1.19. The van der Waals surface area contributed by atoms with Crippen molar-refractivity contribution in [1.82, 2.24) is 37.3 Å². The lowest BCUT2D eigenvalue weighted by Crippen LogP contribution is -2.37. The Morgan fingerprint density at radius 1 is 0.479 bits per heavy atom. The smallest absolute Gasteiger partial charge is 0.279 e. The second-order valence-electron chi connectivity index (χ2n) is 30.8. The van der Waals surface area contributed by atoms with Gasteiger partial charge in [0.15, 0.2) is 11.6 Å². The Morgan fingerprint density at radius 3 is 1.40 bits per heavy atom. The van der Waals surface area contributed by atoms with Gasteiger partial charge in [-0.15, -0.1) is 0 Å². The van der Waals surface area contributed by atoms with Gasteiger partial charge < -0.3 is 74.3 Å². The Morgan fingerprint density at radius 2 is 0.909 bits per heavy atom. The number of nitrogens with zero attached hydrogens (tertiary/aromatic N) is 11. The number of benzene rings is 5. The number of amides is 7. The third-order valence-corrected chi connectivity index (χ3v) is 21.9. The van der Waals surface area contributed by atoms with Gasteiger partial charge in [0.05, 0.1) is 87.5 Å². The molecule has 8 N–H and O–H groups in total. The summed E-state index contributed by atoms with van der Waals surface area (Å²) in [6.45, 7) is 4.63. The second kappa shape index (κ2) is 34.5. The molecule has 0 fully saturated rings. The molecule has 5 aromatic carbocycles. The molecule has 11 heterocycles. The Kier molecular flexibility index (Phi) is 23.2. The number of hydrogen-bond acceptors (Lipinski definition) is 16. The number of anilines is 7. The maximum atomic E-state index is 13.7. The summed E-state index contributed by atoms with van der Waals surface area (Å²) in [6, 6.07) is 39.7. The molecule has 0 radical (unpaired) electrons. The Bertz CT molecular complexity index is 6250. The fraction of sp³-hybridized carbons (Fsp3) is 0.253. The summed E-state index contributed by atoms with van der Waals surface area (Å²) in [7, 11) is 10.3. The first kappa shape index (κ1) is 81.5. The normalized spacial score (nSPS) is 14.0. The molecule has 30 heteroatoms. The molecule has 4 aliphatic rings. The van der Waals surface area contributed by atoms with Gasteiger partial charge in [0, 0.05) is 184 Å². The maximum Gasteiger partial charge on any atom is 0.279 e. The molecule has 7 amide bonds. The topological polar surface area (TPSA) is 361 Å². The van der Waals surface area contributed by atoms with Gasteiger partial charge in [0.25, 0.3) is 35.4 Å². The number of nitrogens with two attached hydrogens (primary N) is 1. The van der Waals surface area contributed by atoms with E-state index in [0.717, 1.165) is 57.4 Å². The van der Waals surface area contributed by atoms with E-state index in [1.165, 1.54) is 0 Å². The van der Waals surface area contributed by atoms with Gasteiger partial charge in [-0.1, -0.05) is 36.4 Å². The van der Waals surface area contributed by atoms with Crippen molar-refractivity contribution in [3.63, 3.8) is 0 Å². The van der Waals surface area contributed by atoms with Crippen LogP contribution < -0.4 is 51.6 Å². The number of fused-ring (bicyclic) bond motifs is 9. The van der Waals surface area contributed by atoms with Gasteiger partial charge >= 0.3 is 0 Å². The number of aryl methyl sites for hydroxylation is 8. The zero-order chi connectivity index (χ0) is 85.2. The standard InChI is InChI=1S/C48H45N9O6.C43H46N8O7/c1-28-16-36-37(50-24-35-20-30-8-5-6-9-39(30)57(35)47(36)61)23-44(28)63-15-7-10-45(59)51-33-21-40(54(3)26-33)43(58)18-29-17-41(53(2)25-29)46(60)52-34-22-42(55(4)27-34)48(62)56-14-13-31-19-32(49)11-12-38(31)56;1-26-15-32-33(45-22-31-18-28-9-5-6-10-34(28)51(31)43(32)57)21-39(26)58-14-7-11-40(54)46-29-19-35(49(3)24-29)38(53)17-27-16-36(48(2)23-27)42(56)47-30-20-37(50(4)25-30)41(55)44-12-8-13-52/h5-6,8-9,11-14,16-17,19,21-27,35H,7,10,15,18,20,49H2,1-4H3,(H,51,59)(H,52,60);5-6,9-10,15-16,19-25,31,52H,7-8,11-14,17-18H2,1-4H3,(H,44,55)(H,46,54)(H,47,56)/t35-;31-/m00/s1. The summed E-state index contributed by atoms with van der Waals surface area (Å²) in [6.07, 6.45) is 18.6. The number of aromatic nitrogens is 7. The highest BCUT2D eigenvalue weighted by atomic mass is 16.5. The zero-order valence-corrected chi connectivity index (χ0v) is 68.1. The number of carbonyl (C=O) groups excluding carboxylic acids is 10. The maximum absolute atomic E-state index is 13.7. The molecule has 0 unspecified atom stereocenters. The van der Waals surface area contributed by atoms with Crippen LogP contribution in [-0.2, 0) is 77.6 Å². The van der Waals surface area contributed by atoms with Crippen LogP contribution in [-0.4, -0.2) is 147 Å². The van der Waals surface area contributed by atoms with Crippen molar-refractivity contribution in [2.24, 2.45) is 52.3 Å². The first-order valence-electron chi connectivity index (χ1n) is 39.7. The third kappa shape index (κ3) is 17.4. The first-order valence-corrected chi connectivity index (χ1v) is 39.7. The number of hydrogen-bond donors (Lipinski definition) is 7. The van der Waals surface area contributed by atoms with Crippen LogP contribution in [0.1, 0.15) is 149 Å². The molecule has 0 aliphatic carbocycles. The van der Waals surface area contributed by atoms with Gasteiger partial charge in [-0.2, -0.15) is 0 Å². The first-order chi connectivity index (χ1) is 58.2. The van der Waals surface area contributed by atoms with Crippen LogP contribution >= 0.6 is 0 Å². The zero-order valence-electron chi connectivity index (χ0n) is 68.1. The van der Waals surface area contributed by atoms with E-state index in [-0.39, 0.29) is 105 Å². The lowest BCUT2D eigenvalue weighted by molar-refractivity contribution is -0.117. The van der Waals surface area contributed by atoms with E-state index >= 15 is 0 Å². The van der Waals surface area contributed by atoms with Gasteiger partial charge in [-0.25, -0.2) is 0 Å². The quantitative estimate of drug-likeness (QED) is 0.0143. The minimum absolute atomic E-state index is 0.0263. The van der Waals surface area contributed by atoms with Crippen LogP contribution in [0.4, 0.5) is 51.2 Å². The lowest BCUT2D eigenvalue weighted by Gasteiger charge is -2.21. The van der Waals surface area contributed by atoms with Crippen molar-refractivity contribution in [1.29, 1.82) is 0 Å². The van der Waals surface area contributed by atoms with Crippen LogP contribution in [0, 0.1) is 13.8 Å². The van der Waals surface area contributed by atoms with E-state index in [4.69, 9.17) is 20.3 Å². The van der Waals surface area contributed by atoms with E-state index in [9.17, 15) is 47.9 Å². The summed E-state index contributed by atoms with van der Waals surface area (Å²) in [4.78, 5) is 145. The number of aliphatic hydroxyl groups is 1. The molecular formula is C91H91N17O13.